The second-order valence-electron chi connectivity index (χ2n) is 3.47. The molecule has 1 rings (SSSR count). The van der Waals surface area contributed by atoms with Crippen LogP contribution in [0.15, 0.2) is 29.4 Å². The van der Waals surface area contributed by atoms with Crippen LogP contribution in [-0.2, 0) is 9.84 Å². The standard InChI is InChI=1S/C10H12FNO4S/c1-17(15,16)9(6-13)10(12-14)7-4-2-3-5-8(7)11/h2-5,9,13-14H,6H2,1H3/b12-10-/t9-/m0/s1. The van der Waals surface area contributed by atoms with Crippen LogP contribution >= 0.6 is 0 Å². The molecule has 0 fully saturated rings. The molecule has 94 valence electrons. The van der Waals surface area contributed by atoms with Crippen LogP contribution in [0.3, 0.4) is 0 Å². The molecule has 17 heavy (non-hydrogen) atoms. The molecule has 0 aliphatic heterocycles. The summed E-state index contributed by atoms with van der Waals surface area (Å²) in [6.45, 7) is -0.785. The first kappa shape index (κ1) is 13.6. The highest BCUT2D eigenvalue weighted by atomic mass is 32.2. The summed E-state index contributed by atoms with van der Waals surface area (Å²) in [5, 5.41) is 19.2. The van der Waals surface area contributed by atoms with Gasteiger partial charge in [0.05, 0.1) is 6.61 Å². The van der Waals surface area contributed by atoms with E-state index in [0.29, 0.717) is 0 Å². The molecule has 0 amide bonds. The van der Waals surface area contributed by atoms with Crippen molar-refractivity contribution in [3.05, 3.63) is 35.6 Å². The predicted molar refractivity (Wildman–Crippen MR) is 60.4 cm³/mol. The minimum absolute atomic E-state index is 0.153. The van der Waals surface area contributed by atoms with E-state index in [1.807, 2.05) is 0 Å². The topological polar surface area (TPSA) is 87.0 Å². The summed E-state index contributed by atoms with van der Waals surface area (Å²) in [6.07, 6.45) is 0.875. The van der Waals surface area contributed by atoms with Crippen molar-refractivity contribution in [3.8, 4) is 0 Å². The maximum atomic E-state index is 13.4. The summed E-state index contributed by atoms with van der Waals surface area (Å²) >= 11 is 0. The SMILES string of the molecule is CS(=O)(=O)[C@@H](CO)/C(=N\O)c1ccccc1F. The summed E-state index contributed by atoms with van der Waals surface area (Å²) < 4.78 is 36.2. The molecular formula is C10H12FNO4S. The zero-order valence-electron chi connectivity index (χ0n) is 9.04. The number of sulfone groups is 1. The fraction of sp³-hybridized carbons (Fsp3) is 0.300. The Morgan fingerprint density at radius 3 is 2.47 bits per heavy atom. The Bertz CT molecular complexity index is 527. The highest BCUT2D eigenvalue weighted by molar-refractivity contribution is 7.92. The number of hydrogen-bond donors (Lipinski definition) is 2. The van der Waals surface area contributed by atoms with Gasteiger partial charge >= 0.3 is 0 Å². The van der Waals surface area contributed by atoms with Gasteiger partial charge in [-0.2, -0.15) is 0 Å². The van der Waals surface area contributed by atoms with Crippen LogP contribution in [0.1, 0.15) is 5.56 Å². The van der Waals surface area contributed by atoms with Gasteiger partial charge in [0, 0.05) is 11.8 Å². The molecule has 7 heteroatoms. The molecule has 1 aromatic rings. The molecule has 0 aliphatic carbocycles. The fourth-order valence-electron chi connectivity index (χ4n) is 1.39. The van der Waals surface area contributed by atoms with E-state index in [-0.39, 0.29) is 5.56 Å². The van der Waals surface area contributed by atoms with E-state index in [9.17, 15) is 12.8 Å². The molecular weight excluding hydrogens is 249 g/mol. The molecule has 0 saturated carbocycles. The van der Waals surface area contributed by atoms with Crippen LogP contribution < -0.4 is 0 Å². The monoisotopic (exact) mass is 261 g/mol. The van der Waals surface area contributed by atoms with Crippen LogP contribution in [0.2, 0.25) is 0 Å². The average Bonchev–Trinajstić information content (AvgIpc) is 2.25. The van der Waals surface area contributed by atoms with Gasteiger partial charge in [-0.25, -0.2) is 12.8 Å². The first-order chi connectivity index (χ1) is 7.91. The molecule has 0 aliphatic rings. The summed E-state index contributed by atoms with van der Waals surface area (Å²) in [5.74, 6) is -0.720. The van der Waals surface area contributed by atoms with Gasteiger partial charge in [0.25, 0.3) is 0 Å². The van der Waals surface area contributed by atoms with E-state index in [1.165, 1.54) is 18.2 Å². The average molecular weight is 261 g/mol. The summed E-state index contributed by atoms with van der Waals surface area (Å²) in [6, 6.07) is 5.28. The third kappa shape index (κ3) is 3.01. The first-order valence-corrected chi connectivity index (χ1v) is 6.63. The second kappa shape index (κ2) is 5.24. The van der Waals surface area contributed by atoms with Crippen LogP contribution in [0.5, 0.6) is 0 Å². The number of rotatable bonds is 4. The minimum atomic E-state index is -3.70. The van der Waals surface area contributed by atoms with Crippen LogP contribution in [0.25, 0.3) is 0 Å². The van der Waals surface area contributed by atoms with Crippen LogP contribution in [-0.4, -0.2) is 42.6 Å². The lowest BCUT2D eigenvalue weighted by Crippen LogP contribution is -2.34. The number of aliphatic hydroxyl groups excluding tert-OH is 1. The van der Waals surface area contributed by atoms with Crippen molar-refractivity contribution < 1.29 is 23.1 Å². The lowest BCUT2D eigenvalue weighted by Gasteiger charge is -2.14. The molecule has 0 spiro atoms. The second-order valence-corrected chi connectivity index (χ2v) is 5.69. The van der Waals surface area contributed by atoms with E-state index in [0.717, 1.165) is 12.3 Å². The maximum absolute atomic E-state index is 13.4. The van der Waals surface area contributed by atoms with Gasteiger partial charge in [-0.15, -0.1) is 0 Å². The molecule has 0 unspecified atom stereocenters. The van der Waals surface area contributed by atoms with Crippen molar-refractivity contribution in [3.63, 3.8) is 0 Å². The highest BCUT2D eigenvalue weighted by Crippen LogP contribution is 2.14. The molecule has 1 atom stereocenters. The van der Waals surface area contributed by atoms with Crippen molar-refractivity contribution in [1.82, 2.24) is 0 Å². The van der Waals surface area contributed by atoms with Crippen LogP contribution in [0, 0.1) is 5.82 Å². The van der Waals surface area contributed by atoms with E-state index >= 15 is 0 Å². The van der Waals surface area contributed by atoms with Gasteiger partial charge in [-0.05, 0) is 6.07 Å². The number of hydrogen-bond acceptors (Lipinski definition) is 5. The number of halogens is 1. The van der Waals surface area contributed by atoms with Crippen molar-refractivity contribution in [2.75, 3.05) is 12.9 Å². The zero-order valence-corrected chi connectivity index (χ0v) is 9.85. The van der Waals surface area contributed by atoms with Crippen molar-refractivity contribution in [2.45, 2.75) is 5.25 Å². The van der Waals surface area contributed by atoms with Crippen molar-refractivity contribution in [2.24, 2.45) is 5.16 Å². The Morgan fingerprint density at radius 2 is 2.06 bits per heavy atom. The summed E-state index contributed by atoms with van der Waals surface area (Å²) in [5.41, 5.74) is -0.562. The van der Waals surface area contributed by atoms with E-state index in [2.05, 4.69) is 5.16 Å². The van der Waals surface area contributed by atoms with Crippen molar-refractivity contribution in [1.29, 1.82) is 0 Å². The van der Waals surface area contributed by atoms with E-state index in [4.69, 9.17) is 10.3 Å². The Hall–Kier alpha value is -1.47. The smallest absolute Gasteiger partial charge is 0.158 e. The summed E-state index contributed by atoms with van der Waals surface area (Å²) in [4.78, 5) is 0. The highest BCUT2D eigenvalue weighted by Gasteiger charge is 2.29. The normalized spacial score (nSPS) is 14.6. The third-order valence-electron chi connectivity index (χ3n) is 2.25. The minimum Gasteiger partial charge on any atom is -0.411 e. The lowest BCUT2D eigenvalue weighted by molar-refractivity contribution is 0.296. The van der Waals surface area contributed by atoms with Gasteiger partial charge < -0.3 is 10.3 Å². The Balaban J connectivity index is 3.31. The molecule has 0 aromatic heterocycles. The molecule has 0 heterocycles. The Morgan fingerprint density at radius 1 is 1.47 bits per heavy atom. The fourth-order valence-corrected chi connectivity index (χ4v) is 2.24. The first-order valence-electron chi connectivity index (χ1n) is 4.68. The molecule has 0 radical (unpaired) electrons. The van der Waals surface area contributed by atoms with E-state index < -0.39 is 33.2 Å². The number of nitrogens with zero attached hydrogens (tertiary/aromatic N) is 1. The molecule has 1 aromatic carbocycles. The lowest BCUT2D eigenvalue weighted by atomic mass is 10.1. The maximum Gasteiger partial charge on any atom is 0.158 e. The van der Waals surface area contributed by atoms with Gasteiger partial charge in [0.1, 0.15) is 16.8 Å². The Labute approximate surface area is 98.1 Å². The molecule has 0 saturated heterocycles. The quantitative estimate of drug-likeness (QED) is 0.467. The molecule has 2 N–H and O–H groups in total. The zero-order chi connectivity index (χ0) is 13.1. The van der Waals surface area contributed by atoms with E-state index in [1.54, 1.807) is 0 Å². The summed E-state index contributed by atoms with van der Waals surface area (Å²) in [7, 11) is -3.70. The molecule has 5 nitrogen and oxygen atoms in total. The third-order valence-corrected chi connectivity index (χ3v) is 3.65. The molecule has 0 bridgehead atoms. The number of oxime groups is 1. The predicted octanol–water partition coefficient (Wildman–Crippen LogP) is 0.409. The van der Waals surface area contributed by atoms with Gasteiger partial charge in [0.15, 0.2) is 9.84 Å². The van der Waals surface area contributed by atoms with Crippen molar-refractivity contribution >= 4 is 15.5 Å². The number of benzene rings is 1. The van der Waals surface area contributed by atoms with Gasteiger partial charge in [0.2, 0.25) is 0 Å². The Kier molecular flexibility index (Phi) is 4.19. The number of aliphatic hydroxyl groups is 1. The van der Waals surface area contributed by atoms with Gasteiger partial charge in [-0.3, -0.25) is 0 Å². The van der Waals surface area contributed by atoms with Gasteiger partial charge in [-0.1, -0.05) is 23.4 Å². The largest absolute Gasteiger partial charge is 0.411 e. The van der Waals surface area contributed by atoms with Crippen LogP contribution in [0.4, 0.5) is 4.39 Å².